The molecule has 4 heteroatoms. The number of ether oxygens (including phenoxy) is 1. The summed E-state index contributed by atoms with van der Waals surface area (Å²) in [6, 6.07) is 2.10. The highest BCUT2D eigenvalue weighted by molar-refractivity contribution is 9.10. The Morgan fingerprint density at radius 1 is 1.67 bits per heavy atom. The van der Waals surface area contributed by atoms with Crippen LogP contribution in [0.4, 0.5) is 0 Å². The minimum atomic E-state index is 0.748. The van der Waals surface area contributed by atoms with Crippen LogP contribution in [-0.4, -0.2) is 13.7 Å². The predicted molar refractivity (Wildman–Crippen MR) is 55.9 cm³/mol. The Morgan fingerprint density at radius 3 is 2.92 bits per heavy atom. The Morgan fingerprint density at radius 2 is 2.42 bits per heavy atom. The summed E-state index contributed by atoms with van der Waals surface area (Å²) >= 11 is 5.10. The summed E-state index contributed by atoms with van der Waals surface area (Å²) in [5, 5.41) is 0.946. The van der Waals surface area contributed by atoms with Crippen molar-refractivity contribution >= 4 is 27.3 Å². The molecule has 0 saturated carbocycles. The van der Waals surface area contributed by atoms with E-state index < -0.39 is 0 Å². The van der Waals surface area contributed by atoms with Crippen molar-refractivity contribution in [2.75, 3.05) is 13.7 Å². The molecule has 2 N–H and O–H groups in total. The second-order valence-corrected chi connectivity index (χ2v) is 4.40. The van der Waals surface area contributed by atoms with E-state index in [2.05, 4.69) is 22.0 Å². The lowest BCUT2D eigenvalue weighted by Crippen LogP contribution is -1.99. The van der Waals surface area contributed by atoms with Crippen molar-refractivity contribution in [2.24, 2.45) is 5.73 Å². The third-order valence-electron chi connectivity index (χ3n) is 1.52. The van der Waals surface area contributed by atoms with Crippen LogP contribution in [0, 0.1) is 0 Å². The molecule has 0 fully saturated rings. The van der Waals surface area contributed by atoms with E-state index in [0.717, 1.165) is 28.9 Å². The van der Waals surface area contributed by atoms with Crippen LogP contribution in [-0.2, 0) is 6.42 Å². The van der Waals surface area contributed by atoms with Crippen LogP contribution < -0.4 is 10.5 Å². The molecule has 0 bridgehead atoms. The van der Waals surface area contributed by atoms with Gasteiger partial charge in [-0.25, -0.2) is 0 Å². The molecule has 0 aliphatic heterocycles. The van der Waals surface area contributed by atoms with E-state index in [-0.39, 0.29) is 0 Å². The molecule has 0 radical (unpaired) electrons. The van der Waals surface area contributed by atoms with Gasteiger partial charge >= 0.3 is 0 Å². The fourth-order valence-corrected chi connectivity index (χ4v) is 2.67. The van der Waals surface area contributed by atoms with Crippen molar-refractivity contribution in [3.8, 4) is 5.06 Å². The van der Waals surface area contributed by atoms with Gasteiger partial charge in [-0.3, -0.25) is 0 Å². The monoisotopic (exact) mass is 249 g/mol. The van der Waals surface area contributed by atoms with Gasteiger partial charge in [0, 0.05) is 4.88 Å². The van der Waals surface area contributed by atoms with Crippen LogP contribution in [0.5, 0.6) is 5.06 Å². The standard InChI is InChI=1S/C8H12BrNOS/c1-11-8-7(9)5-6(12-8)3-2-4-10/h5H,2-4,10H2,1H3. The van der Waals surface area contributed by atoms with Gasteiger partial charge < -0.3 is 10.5 Å². The molecule has 0 spiro atoms. The first kappa shape index (κ1) is 10.0. The molecule has 2 nitrogen and oxygen atoms in total. The summed E-state index contributed by atoms with van der Waals surface area (Å²) < 4.78 is 6.19. The van der Waals surface area contributed by atoms with Crippen molar-refractivity contribution in [1.82, 2.24) is 0 Å². The Bertz CT molecular complexity index is 249. The van der Waals surface area contributed by atoms with Crippen LogP contribution in [0.2, 0.25) is 0 Å². The first-order chi connectivity index (χ1) is 5.77. The maximum absolute atomic E-state index is 5.42. The van der Waals surface area contributed by atoms with E-state index in [4.69, 9.17) is 10.5 Å². The number of halogens is 1. The molecule has 0 aliphatic rings. The molecule has 0 amide bonds. The van der Waals surface area contributed by atoms with Crippen LogP contribution in [0.1, 0.15) is 11.3 Å². The number of rotatable bonds is 4. The van der Waals surface area contributed by atoms with Crippen LogP contribution in [0.25, 0.3) is 0 Å². The van der Waals surface area contributed by atoms with Gasteiger partial charge in [-0.05, 0) is 41.4 Å². The largest absolute Gasteiger partial charge is 0.486 e. The van der Waals surface area contributed by atoms with Crippen molar-refractivity contribution in [3.63, 3.8) is 0 Å². The zero-order valence-electron chi connectivity index (χ0n) is 6.97. The van der Waals surface area contributed by atoms with Gasteiger partial charge in [-0.2, -0.15) is 0 Å². The molecular weight excluding hydrogens is 238 g/mol. The smallest absolute Gasteiger partial charge is 0.188 e. The third-order valence-corrected chi connectivity index (χ3v) is 3.53. The number of methoxy groups -OCH3 is 1. The highest BCUT2D eigenvalue weighted by Crippen LogP contribution is 2.34. The summed E-state index contributed by atoms with van der Waals surface area (Å²) in [4.78, 5) is 1.32. The van der Waals surface area contributed by atoms with E-state index in [1.807, 2.05) is 0 Å². The number of nitrogens with two attached hydrogens (primary N) is 1. The number of thiophene rings is 1. The molecule has 1 aromatic heterocycles. The van der Waals surface area contributed by atoms with Gasteiger partial charge in [0.2, 0.25) is 0 Å². The maximum atomic E-state index is 5.42. The van der Waals surface area contributed by atoms with Gasteiger partial charge in [0.25, 0.3) is 0 Å². The van der Waals surface area contributed by atoms with E-state index in [0.29, 0.717) is 0 Å². The highest BCUT2D eigenvalue weighted by atomic mass is 79.9. The van der Waals surface area contributed by atoms with E-state index in [1.54, 1.807) is 18.4 Å². The first-order valence-electron chi connectivity index (χ1n) is 3.80. The van der Waals surface area contributed by atoms with Gasteiger partial charge in [-0.1, -0.05) is 0 Å². The molecule has 68 valence electrons. The first-order valence-corrected chi connectivity index (χ1v) is 5.41. The lowest BCUT2D eigenvalue weighted by molar-refractivity contribution is 0.425. The summed E-state index contributed by atoms with van der Waals surface area (Å²) in [6.07, 6.45) is 2.08. The molecular formula is C8H12BrNOS. The number of aryl methyl sites for hydroxylation is 1. The zero-order valence-corrected chi connectivity index (χ0v) is 9.37. The number of hydrogen-bond donors (Lipinski definition) is 1. The quantitative estimate of drug-likeness (QED) is 0.890. The Balaban J connectivity index is 2.62. The maximum Gasteiger partial charge on any atom is 0.188 e. The fourth-order valence-electron chi connectivity index (χ4n) is 0.936. The summed E-state index contributed by atoms with van der Waals surface area (Å²) in [5.41, 5.74) is 5.42. The van der Waals surface area contributed by atoms with Crippen molar-refractivity contribution in [2.45, 2.75) is 12.8 Å². The molecule has 12 heavy (non-hydrogen) atoms. The minimum Gasteiger partial charge on any atom is -0.486 e. The molecule has 1 heterocycles. The summed E-state index contributed by atoms with van der Waals surface area (Å²) in [6.45, 7) is 0.748. The van der Waals surface area contributed by atoms with Crippen LogP contribution in [0.3, 0.4) is 0 Å². The van der Waals surface area contributed by atoms with Gasteiger partial charge in [-0.15, -0.1) is 11.3 Å². The van der Waals surface area contributed by atoms with Crippen molar-refractivity contribution in [3.05, 3.63) is 15.4 Å². The number of hydrogen-bond acceptors (Lipinski definition) is 3. The lowest BCUT2D eigenvalue weighted by atomic mass is 10.3. The van der Waals surface area contributed by atoms with E-state index in [1.165, 1.54) is 4.88 Å². The second-order valence-electron chi connectivity index (χ2n) is 2.44. The lowest BCUT2D eigenvalue weighted by Gasteiger charge is -1.93. The fraction of sp³-hybridized carbons (Fsp3) is 0.500. The molecule has 1 aromatic rings. The average Bonchev–Trinajstić information content (AvgIpc) is 2.43. The second kappa shape index (κ2) is 4.84. The summed E-state index contributed by atoms with van der Waals surface area (Å²) in [7, 11) is 1.68. The third kappa shape index (κ3) is 2.47. The molecule has 0 aliphatic carbocycles. The molecule has 0 atom stereocenters. The van der Waals surface area contributed by atoms with Crippen molar-refractivity contribution < 1.29 is 4.74 Å². The van der Waals surface area contributed by atoms with Gasteiger partial charge in [0.05, 0.1) is 11.6 Å². The van der Waals surface area contributed by atoms with Crippen LogP contribution >= 0.6 is 27.3 Å². The van der Waals surface area contributed by atoms with Crippen LogP contribution in [0.15, 0.2) is 10.5 Å². The summed E-state index contributed by atoms with van der Waals surface area (Å²) in [5.74, 6) is 0. The topological polar surface area (TPSA) is 35.2 Å². The zero-order chi connectivity index (χ0) is 8.97. The minimum absolute atomic E-state index is 0.748. The SMILES string of the molecule is COc1sc(CCCN)cc1Br. The van der Waals surface area contributed by atoms with Gasteiger partial charge in [0.15, 0.2) is 5.06 Å². The van der Waals surface area contributed by atoms with Crippen molar-refractivity contribution in [1.29, 1.82) is 0 Å². The predicted octanol–water partition coefficient (Wildman–Crippen LogP) is 2.41. The normalized spacial score (nSPS) is 10.2. The van der Waals surface area contributed by atoms with E-state index in [9.17, 15) is 0 Å². The van der Waals surface area contributed by atoms with E-state index >= 15 is 0 Å². The molecule has 0 unspecified atom stereocenters. The van der Waals surface area contributed by atoms with Gasteiger partial charge in [0.1, 0.15) is 0 Å². The highest BCUT2D eigenvalue weighted by Gasteiger charge is 2.05. The average molecular weight is 250 g/mol. The Hall–Kier alpha value is -0.0600. The molecule has 0 saturated heterocycles. The molecule has 1 rings (SSSR count). The molecule has 0 aromatic carbocycles. The Kier molecular flexibility index (Phi) is 4.05. The Labute approximate surface area is 84.9 Å².